The third-order valence-corrected chi connectivity index (χ3v) is 4.19. The monoisotopic (exact) mass is 249 g/mol. The van der Waals surface area contributed by atoms with Crippen molar-refractivity contribution in [2.24, 2.45) is 5.92 Å². The van der Waals surface area contributed by atoms with Crippen LogP contribution in [0.3, 0.4) is 0 Å². The Morgan fingerprint density at radius 1 is 1.28 bits per heavy atom. The van der Waals surface area contributed by atoms with Gasteiger partial charge in [0.2, 0.25) is 0 Å². The lowest BCUT2D eigenvalue weighted by molar-refractivity contribution is 0.0134. The van der Waals surface area contributed by atoms with Gasteiger partial charge in [0.05, 0.1) is 12.6 Å². The van der Waals surface area contributed by atoms with Gasteiger partial charge in [0, 0.05) is 12.6 Å². The van der Waals surface area contributed by atoms with Crippen molar-refractivity contribution in [2.75, 3.05) is 19.8 Å². The number of hydrogen-bond acceptors (Lipinski definition) is 3. The van der Waals surface area contributed by atoms with Crippen molar-refractivity contribution in [1.29, 1.82) is 0 Å². The lowest BCUT2D eigenvalue weighted by Gasteiger charge is -2.43. The summed E-state index contributed by atoms with van der Waals surface area (Å²) in [7, 11) is 0. The van der Waals surface area contributed by atoms with Crippen molar-refractivity contribution in [3.8, 4) is 0 Å². The number of piperidine rings is 1. The van der Waals surface area contributed by atoms with Crippen molar-refractivity contribution in [3.05, 3.63) is 35.9 Å². The van der Waals surface area contributed by atoms with Gasteiger partial charge in [-0.3, -0.25) is 4.90 Å². The summed E-state index contributed by atoms with van der Waals surface area (Å²) in [5.41, 5.74) is 1.16. The molecule has 1 heterocycles. The summed E-state index contributed by atoms with van der Waals surface area (Å²) in [6.07, 6.45) is 2.18. The lowest BCUT2D eigenvalue weighted by Crippen LogP contribution is -2.47. The van der Waals surface area contributed by atoms with Crippen LogP contribution in [0, 0.1) is 5.92 Å². The quantitative estimate of drug-likeness (QED) is 0.855. The zero-order chi connectivity index (χ0) is 13.0. The fourth-order valence-electron chi connectivity index (χ4n) is 3.01. The van der Waals surface area contributed by atoms with Gasteiger partial charge in [-0.2, -0.15) is 0 Å². The van der Waals surface area contributed by atoms with Gasteiger partial charge in [0.1, 0.15) is 0 Å². The minimum Gasteiger partial charge on any atom is -0.396 e. The van der Waals surface area contributed by atoms with Crippen molar-refractivity contribution >= 4 is 0 Å². The number of rotatable bonds is 4. The van der Waals surface area contributed by atoms with E-state index in [9.17, 15) is 10.2 Å². The largest absolute Gasteiger partial charge is 0.396 e. The number of hydrogen-bond donors (Lipinski definition) is 2. The average molecular weight is 249 g/mol. The Kier molecular flexibility index (Phi) is 4.75. The molecule has 2 N–H and O–H groups in total. The zero-order valence-electron chi connectivity index (χ0n) is 11.0. The van der Waals surface area contributed by atoms with E-state index >= 15 is 0 Å². The molecule has 3 nitrogen and oxygen atoms in total. The van der Waals surface area contributed by atoms with Crippen molar-refractivity contribution < 1.29 is 10.2 Å². The first-order valence-electron chi connectivity index (χ1n) is 6.80. The van der Waals surface area contributed by atoms with Gasteiger partial charge < -0.3 is 10.2 Å². The Morgan fingerprint density at radius 3 is 2.61 bits per heavy atom. The van der Waals surface area contributed by atoms with E-state index in [-0.39, 0.29) is 19.3 Å². The maximum atomic E-state index is 9.70. The highest BCUT2D eigenvalue weighted by atomic mass is 16.3. The van der Waals surface area contributed by atoms with Crippen molar-refractivity contribution in [1.82, 2.24) is 4.90 Å². The van der Waals surface area contributed by atoms with Crippen LogP contribution in [-0.4, -0.2) is 40.9 Å². The maximum absolute atomic E-state index is 9.70. The average Bonchev–Trinajstić information content (AvgIpc) is 2.43. The summed E-state index contributed by atoms with van der Waals surface area (Å²) in [4.78, 5) is 2.33. The number of aliphatic hydroxyl groups is 2. The Morgan fingerprint density at radius 2 is 2.00 bits per heavy atom. The second kappa shape index (κ2) is 6.32. The predicted molar refractivity (Wildman–Crippen MR) is 72.2 cm³/mol. The summed E-state index contributed by atoms with van der Waals surface area (Å²) in [5, 5.41) is 19.1. The van der Waals surface area contributed by atoms with E-state index < -0.39 is 0 Å². The van der Waals surface area contributed by atoms with Crippen LogP contribution in [0.1, 0.15) is 31.4 Å². The molecule has 3 atom stereocenters. The highest BCUT2D eigenvalue weighted by Crippen LogP contribution is 2.31. The molecule has 0 spiro atoms. The van der Waals surface area contributed by atoms with Crippen LogP contribution >= 0.6 is 0 Å². The molecule has 0 aliphatic carbocycles. The van der Waals surface area contributed by atoms with Crippen LogP contribution in [-0.2, 0) is 0 Å². The van der Waals surface area contributed by atoms with E-state index in [4.69, 9.17) is 0 Å². The molecule has 18 heavy (non-hydrogen) atoms. The highest BCUT2D eigenvalue weighted by Gasteiger charge is 2.32. The van der Waals surface area contributed by atoms with Crippen LogP contribution in [0.2, 0.25) is 0 Å². The molecule has 0 saturated carbocycles. The van der Waals surface area contributed by atoms with Gasteiger partial charge in [-0.15, -0.1) is 0 Å². The molecule has 0 radical (unpaired) electrons. The summed E-state index contributed by atoms with van der Waals surface area (Å²) in [5.74, 6) is 0.330. The molecule has 0 unspecified atom stereocenters. The Hall–Kier alpha value is -0.900. The number of nitrogens with zero attached hydrogens (tertiary/aromatic N) is 1. The van der Waals surface area contributed by atoms with Crippen LogP contribution in [0.25, 0.3) is 0 Å². The fraction of sp³-hybridized carbons (Fsp3) is 0.600. The molecule has 100 valence electrons. The van der Waals surface area contributed by atoms with Gasteiger partial charge in [0.15, 0.2) is 0 Å². The van der Waals surface area contributed by atoms with Gasteiger partial charge in [-0.1, -0.05) is 30.3 Å². The molecule has 1 saturated heterocycles. The first kappa shape index (κ1) is 13.5. The van der Waals surface area contributed by atoms with Crippen molar-refractivity contribution in [3.63, 3.8) is 0 Å². The van der Waals surface area contributed by atoms with Crippen LogP contribution in [0.4, 0.5) is 0 Å². The summed E-state index contributed by atoms with van der Waals surface area (Å²) >= 11 is 0. The standard InChI is InChI=1S/C15H23NO2/c1-12-14(10-17)8-5-9-16(12)15(11-18)13-6-3-2-4-7-13/h2-4,6-7,12,14-15,17-18H,5,8-11H2,1H3/t12-,14+,15+/m1/s1. The van der Waals surface area contributed by atoms with Crippen LogP contribution in [0.15, 0.2) is 30.3 Å². The third kappa shape index (κ3) is 2.74. The number of benzene rings is 1. The second-order valence-electron chi connectivity index (χ2n) is 5.17. The second-order valence-corrected chi connectivity index (χ2v) is 5.17. The van der Waals surface area contributed by atoms with Gasteiger partial charge >= 0.3 is 0 Å². The molecule has 1 aliphatic rings. The molecule has 3 heteroatoms. The molecular formula is C15H23NO2. The molecule has 0 bridgehead atoms. The fourth-order valence-corrected chi connectivity index (χ4v) is 3.01. The summed E-state index contributed by atoms with van der Waals surface area (Å²) in [6.45, 7) is 3.53. The van der Waals surface area contributed by atoms with Gasteiger partial charge in [-0.05, 0) is 37.8 Å². The van der Waals surface area contributed by atoms with E-state index in [1.165, 1.54) is 0 Å². The Bertz CT molecular complexity index is 355. The maximum Gasteiger partial charge on any atom is 0.0628 e. The Balaban J connectivity index is 2.17. The summed E-state index contributed by atoms with van der Waals surface area (Å²) < 4.78 is 0. The molecule has 1 aromatic carbocycles. The zero-order valence-corrected chi connectivity index (χ0v) is 11.0. The highest BCUT2D eigenvalue weighted by molar-refractivity contribution is 5.19. The minimum absolute atomic E-state index is 0.0514. The first-order valence-corrected chi connectivity index (χ1v) is 6.80. The molecule has 2 rings (SSSR count). The molecular weight excluding hydrogens is 226 g/mol. The Labute approximate surface area is 109 Å². The molecule has 1 fully saturated rings. The van der Waals surface area contributed by atoms with E-state index in [1.807, 2.05) is 18.2 Å². The molecule has 1 aliphatic heterocycles. The lowest BCUT2D eigenvalue weighted by atomic mass is 9.88. The van der Waals surface area contributed by atoms with Crippen LogP contribution < -0.4 is 0 Å². The van der Waals surface area contributed by atoms with Gasteiger partial charge in [-0.25, -0.2) is 0 Å². The van der Waals surface area contributed by atoms with E-state index in [0.29, 0.717) is 12.0 Å². The SMILES string of the molecule is C[C@@H]1[C@H](CO)CCCN1[C@@H](CO)c1ccccc1. The smallest absolute Gasteiger partial charge is 0.0628 e. The number of likely N-dealkylation sites (tertiary alicyclic amines) is 1. The van der Waals surface area contributed by atoms with E-state index in [1.54, 1.807) is 0 Å². The third-order valence-electron chi connectivity index (χ3n) is 4.19. The molecule has 0 amide bonds. The van der Waals surface area contributed by atoms with E-state index in [0.717, 1.165) is 24.9 Å². The minimum atomic E-state index is 0.0514. The van der Waals surface area contributed by atoms with Crippen molar-refractivity contribution in [2.45, 2.75) is 31.8 Å². The predicted octanol–water partition coefficient (Wildman–Crippen LogP) is 1.81. The number of aliphatic hydroxyl groups excluding tert-OH is 2. The normalized spacial score (nSPS) is 27.1. The first-order chi connectivity index (χ1) is 8.77. The van der Waals surface area contributed by atoms with Crippen LogP contribution in [0.5, 0.6) is 0 Å². The van der Waals surface area contributed by atoms with E-state index in [2.05, 4.69) is 24.0 Å². The molecule has 0 aromatic heterocycles. The molecule has 1 aromatic rings. The van der Waals surface area contributed by atoms with Gasteiger partial charge in [0.25, 0.3) is 0 Å². The topological polar surface area (TPSA) is 43.7 Å². The summed E-state index contributed by atoms with van der Waals surface area (Å²) in [6, 6.07) is 10.5.